The van der Waals surface area contributed by atoms with Crippen molar-refractivity contribution in [2.75, 3.05) is 16.0 Å². The molecule has 2 bridgehead atoms. The number of fused-ring (bicyclic) bond motifs is 3. The highest BCUT2D eigenvalue weighted by Crippen LogP contribution is 2.42. The first-order chi connectivity index (χ1) is 14.4. The molecule has 156 valence electrons. The fourth-order valence-corrected chi connectivity index (χ4v) is 4.98. The maximum Gasteiger partial charge on any atom is 0.252 e. The maximum atomic E-state index is 14.6. The minimum absolute atomic E-state index is 0.102. The highest BCUT2D eigenvalue weighted by Gasteiger charge is 2.43. The number of nitrogen functional groups attached to an aromatic ring is 1. The molecule has 0 aliphatic carbocycles. The van der Waals surface area contributed by atoms with Gasteiger partial charge in [-0.15, -0.1) is 0 Å². The molecule has 2 aliphatic heterocycles. The van der Waals surface area contributed by atoms with Gasteiger partial charge in [-0.2, -0.15) is 0 Å². The number of aromatic amines is 1. The number of hydrogen-bond acceptors (Lipinski definition) is 6. The summed E-state index contributed by atoms with van der Waals surface area (Å²) in [4.78, 5) is 25.5. The highest BCUT2D eigenvalue weighted by atomic mass is 35.5. The molecule has 0 saturated carbocycles. The molecule has 2 fully saturated rings. The van der Waals surface area contributed by atoms with Crippen LogP contribution in [0.15, 0.2) is 24.5 Å². The second-order valence-electron chi connectivity index (χ2n) is 7.93. The van der Waals surface area contributed by atoms with Crippen molar-refractivity contribution in [2.24, 2.45) is 5.73 Å². The molecule has 0 spiro atoms. The second-order valence-corrected chi connectivity index (χ2v) is 8.29. The van der Waals surface area contributed by atoms with Crippen LogP contribution in [0, 0.1) is 5.82 Å². The van der Waals surface area contributed by atoms with Crippen LogP contribution in [-0.4, -0.2) is 39.0 Å². The van der Waals surface area contributed by atoms with Crippen LogP contribution in [0.25, 0.3) is 11.0 Å². The summed E-state index contributed by atoms with van der Waals surface area (Å²) >= 11 is 6.05. The number of nitrogens with two attached hydrogens (primary N) is 2. The van der Waals surface area contributed by atoms with Gasteiger partial charge < -0.3 is 26.7 Å². The zero-order valence-electron chi connectivity index (χ0n) is 16.0. The van der Waals surface area contributed by atoms with Crippen LogP contribution in [0.2, 0.25) is 5.15 Å². The largest absolute Gasteiger partial charge is 0.396 e. The molecule has 5 heterocycles. The van der Waals surface area contributed by atoms with Crippen LogP contribution < -0.4 is 21.7 Å². The molecule has 8 nitrogen and oxygen atoms in total. The van der Waals surface area contributed by atoms with E-state index in [0.29, 0.717) is 16.9 Å². The third-order valence-corrected chi connectivity index (χ3v) is 6.42. The third kappa shape index (κ3) is 3.00. The van der Waals surface area contributed by atoms with Crippen molar-refractivity contribution in [3.05, 3.63) is 41.1 Å². The zero-order valence-corrected chi connectivity index (χ0v) is 16.8. The number of piperidine rings is 1. The fraction of sp³-hybridized carbons (Fsp3) is 0.350. The van der Waals surface area contributed by atoms with Crippen LogP contribution in [0.3, 0.4) is 0 Å². The van der Waals surface area contributed by atoms with Crippen molar-refractivity contribution >= 4 is 45.7 Å². The summed E-state index contributed by atoms with van der Waals surface area (Å²) in [6.07, 6.45) is 6.68. The zero-order chi connectivity index (χ0) is 21.0. The van der Waals surface area contributed by atoms with Crippen LogP contribution in [-0.2, 0) is 0 Å². The minimum Gasteiger partial charge on any atom is -0.396 e. The van der Waals surface area contributed by atoms with Gasteiger partial charge in [0, 0.05) is 42.0 Å². The van der Waals surface area contributed by atoms with Gasteiger partial charge >= 0.3 is 0 Å². The topological polar surface area (TPSA) is 126 Å². The number of amides is 1. The average Bonchev–Trinajstić information content (AvgIpc) is 3.27. The molecule has 3 atom stereocenters. The van der Waals surface area contributed by atoms with Gasteiger partial charge in [-0.1, -0.05) is 11.6 Å². The standard InChI is InChI=1S/C20H21ClFN7O/c21-17-15(23)7-14(22)20(28-17)29-10-1-2-11(29)6-9(5-10)27-16-12-3-4-25-19(12)26-8-13(16)18(24)30/h3-4,7-11H,1-2,5-6,23H2,(H2,24,30)(H2,25,26,27)/t9-,10-,11+. The molecule has 30 heavy (non-hydrogen) atoms. The average molecular weight is 430 g/mol. The summed E-state index contributed by atoms with van der Waals surface area (Å²) in [6.45, 7) is 0. The first-order valence-corrected chi connectivity index (χ1v) is 10.2. The Hall–Kier alpha value is -3.07. The number of H-pyrrole nitrogens is 1. The smallest absolute Gasteiger partial charge is 0.252 e. The van der Waals surface area contributed by atoms with Crippen LogP contribution in [0.4, 0.5) is 21.6 Å². The Kier molecular flexibility index (Phi) is 4.43. The highest BCUT2D eigenvalue weighted by molar-refractivity contribution is 6.31. The van der Waals surface area contributed by atoms with Crippen LogP contribution >= 0.6 is 11.6 Å². The van der Waals surface area contributed by atoms with Crippen molar-refractivity contribution in [3.8, 4) is 0 Å². The molecule has 6 N–H and O–H groups in total. The number of anilines is 3. The molecule has 0 unspecified atom stereocenters. The van der Waals surface area contributed by atoms with Crippen molar-refractivity contribution < 1.29 is 9.18 Å². The van der Waals surface area contributed by atoms with Gasteiger partial charge in [-0.3, -0.25) is 4.79 Å². The summed E-state index contributed by atoms with van der Waals surface area (Å²) in [5, 5.41) is 4.45. The number of halogens is 2. The Bertz CT molecular complexity index is 1140. The number of nitrogens with one attached hydrogen (secondary N) is 2. The summed E-state index contributed by atoms with van der Waals surface area (Å²) < 4.78 is 14.6. The van der Waals surface area contributed by atoms with E-state index in [2.05, 4.69) is 20.3 Å². The number of carbonyl (C=O) groups is 1. The van der Waals surface area contributed by atoms with Crippen molar-refractivity contribution in [3.63, 3.8) is 0 Å². The molecule has 1 amide bonds. The molecule has 3 aromatic rings. The summed E-state index contributed by atoms with van der Waals surface area (Å²) in [5.74, 6) is -0.731. The molecule has 10 heteroatoms. The molecule has 3 aromatic heterocycles. The summed E-state index contributed by atoms with van der Waals surface area (Å²) in [6, 6.07) is 3.43. The van der Waals surface area contributed by atoms with E-state index in [1.165, 1.54) is 12.3 Å². The molecule has 0 radical (unpaired) electrons. The maximum absolute atomic E-state index is 14.6. The number of nitrogens with zero attached hydrogens (tertiary/aromatic N) is 3. The minimum atomic E-state index is -0.531. The van der Waals surface area contributed by atoms with E-state index in [4.69, 9.17) is 23.1 Å². The number of primary amides is 1. The summed E-state index contributed by atoms with van der Waals surface area (Å²) in [5.41, 5.74) is 13.1. The Balaban J connectivity index is 1.43. The Morgan fingerprint density at radius 2 is 2.07 bits per heavy atom. The molecular weight excluding hydrogens is 409 g/mol. The van der Waals surface area contributed by atoms with Gasteiger partial charge in [0.15, 0.2) is 16.8 Å². The molecule has 5 rings (SSSR count). The fourth-order valence-electron chi connectivity index (χ4n) is 4.85. The first-order valence-electron chi connectivity index (χ1n) is 9.84. The lowest BCUT2D eigenvalue weighted by Gasteiger charge is -2.40. The van der Waals surface area contributed by atoms with E-state index in [0.717, 1.165) is 31.1 Å². The van der Waals surface area contributed by atoms with Crippen LogP contribution in [0.1, 0.15) is 36.0 Å². The third-order valence-electron chi connectivity index (χ3n) is 6.12. The van der Waals surface area contributed by atoms with Crippen molar-refractivity contribution in [2.45, 2.75) is 43.8 Å². The molecule has 0 aromatic carbocycles. The molecular formula is C20H21ClFN7O. The van der Waals surface area contributed by atoms with Crippen molar-refractivity contribution in [1.29, 1.82) is 0 Å². The monoisotopic (exact) mass is 429 g/mol. The van der Waals surface area contributed by atoms with E-state index in [1.807, 2.05) is 11.0 Å². The van der Waals surface area contributed by atoms with Gasteiger partial charge in [-0.05, 0) is 31.7 Å². The number of rotatable bonds is 4. The SMILES string of the molecule is NC(=O)c1cnc2[nH]ccc2c1N[C@@H]1C[C@H]2CC[C@@H](C1)N2c1nc(Cl)c(N)cc1F. The Morgan fingerprint density at radius 1 is 1.33 bits per heavy atom. The lowest BCUT2D eigenvalue weighted by molar-refractivity contribution is 0.100. The Labute approximate surface area is 176 Å². The van der Waals surface area contributed by atoms with E-state index in [-0.39, 0.29) is 34.8 Å². The quantitative estimate of drug-likeness (QED) is 0.472. The van der Waals surface area contributed by atoms with E-state index < -0.39 is 11.7 Å². The van der Waals surface area contributed by atoms with Gasteiger partial charge in [-0.25, -0.2) is 14.4 Å². The first kappa shape index (κ1) is 18.9. The van der Waals surface area contributed by atoms with Gasteiger partial charge in [0.25, 0.3) is 5.91 Å². The number of carbonyl (C=O) groups excluding carboxylic acids is 1. The predicted molar refractivity (Wildman–Crippen MR) is 114 cm³/mol. The predicted octanol–water partition coefficient (Wildman–Crippen LogP) is 3.04. The second kappa shape index (κ2) is 7.02. The van der Waals surface area contributed by atoms with Gasteiger partial charge in [0.2, 0.25) is 0 Å². The van der Waals surface area contributed by atoms with Crippen molar-refractivity contribution in [1.82, 2.24) is 15.0 Å². The number of aromatic nitrogens is 3. The lowest BCUT2D eigenvalue weighted by Crippen LogP contribution is -2.48. The van der Waals surface area contributed by atoms with E-state index >= 15 is 0 Å². The van der Waals surface area contributed by atoms with Crippen LogP contribution in [0.5, 0.6) is 0 Å². The van der Waals surface area contributed by atoms with E-state index in [9.17, 15) is 9.18 Å². The lowest BCUT2D eigenvalue weighted by atomic mass is 9.96. The normalized spacial score (nSPS) is 23.1. The molecule has 2 saturated heterocycles. The van der Waals surface area contributed by atoms with Gasteiger partial charge in [0.1, 0.15) is 5.65 Å². The Morgan fingerprint density at radius 3 is 2.77 bits per heavy atom. The van der Waals surface area contributed by atoms with E-state index in [1.54, 1.807) is 6.20 Å². The summed E-state index contributed by atoms with van der Waals surface area (Å²) in [7, 11) is 0. The number of hydrogen-bond donors (Lipinski definition) is 4. The molecule has 2 aliphatic rings. The van der Waals surface area contributed by atoms with Gasteiger partial charge in [0.05, 0.1) is 16.9 Å². The number of pyridine rings is 2.